The van der Waals surface area contributed by atoms with Crippen LogP contribution in [0.25, 0.3) is 11.3 Å². The quantitative estimate of drug-likeness (QED) is 0.479. The summed E-state index contributed by atoms with van der Waals surface area (Å²) in [6.45, 7) is -1.24. The number of hydrogen-bond donors (Lipinski definition) is 3. The Bertz CT molecular complexity index is 1270. The van der Waals surface area contributed by atoms with Crippen LogP contribution in [0.1, 0.15) is 21.5 Å². The predicted octanol–water partition coefficient (Wildman–Crippen LogP) is 3.31. The van der Waals surface area contributed by atoms with Crippen LogP contribution in [0, 0.1) is 0 Å². The molecule has 0 aliphatic carbocycles. The average Bonchev–Trinajstić information content (AvgIpc) is 3.11. The summed E-state index contributed by atoms with van der Waals surface area (Å²) in [5.74, 6) is -0.714. The fourth-order valence-electron chi connectivity index (χ4n) is 3.48. The monoisotopic (exact) mass is 482 g/mol. The second-order valence-electron chi connectivity index (χ2n) is 7.24. The molecule has 33 heavy (non-hydrogen) atoms. The normalized spacial score (nSPS) is 12.1. The van der Waals surface area contributed by atoms with Gasteiger partial charge in [0.25, 0.3) is 5.91 Å². The van der Waals surface area contributed by atoms with E-state index < -0.39 is 40.7 Å². The standard InChI is InChI=1S/C22H21F3N2O5S/c1-33(31,32)15-8-6-14(7-9-15)26-21(30)17-12-27(10-11-28)20(18(17)13-29)16-4-2-3-5-19(16)22(23,24)25/h2-9,12,28-29H,10-11,13H2,1H3,(H,26,30). The van der Waals surface area contributed by atoms with Gasteiger partial charge in [-0.1, -0.05) is 18.2 Å². The number of anilines is 1. The van der Waals surface area contributed by atoms with Gasteiger partial charge in [0, 0.05) is 35.8 Å². The van der Waals surface area contributed by atoms with Gasteiger partial charge in [-0.2, -0.15) is 13.2 Å². The smallest absolute Gasteiger partial charge is 0.395 e. The third-order valence-electron chi connectivity index (χ3n) is 4.95. The van der Waals surface area contributed by atoms with E-state index >= 15 is 0 Å². The van der Waals surface area contributed by atoms with Gasteiger partial charge in [0.2, 0.25) is 0 Å². The number of aliphatic hydroxyl groups excluding tert-OH is 2. The molecule has 0 fully saturated rings. The number of nitrogens with zero attached hydrogens (tertiary/aromatic N) is 1. The van der Waals surface area contributed by atoms with Crippen molar-refractivity contribution in [2.75, 3.05) is 18.2 Å². The first-order valence-corrected chi connectivity index (χ1v) is 11.6. The lowest BCUT2D eigenvalue weighted by atomic mass is 9.99. The van der Waals surface area contributed by atoms with Gasteiger partial charge in [0.05, 0.1) is 34.9 Å². The lowest BCUT2D eigenvalue weighted by Crippen LogP contribution is -2.13. The van der Waals surface area contributed by atoms with Gasteiger partial charge >= 0.3 is 6.18 Å². The number of alkyl halides is 3. The first kappa shape index (κ1) is 24.5. The van der Waals surface area contributed by atoms with E-state index in [1.165, 1.54) is 53.2 Å². The first-order chi connectivity index (χ1) is 15.5. The number of nitrogens with one attached hydrogen (secondary N) is 1. The van der Waals surface area contributed by atoms with Crippen LogP contribution >= 0.6 is 0 Å². The lowest BCUT2D eigenvalue weighted by molar-refractivity contribution is -0.137. The third-order valence-corrected chi connectivity index (χ3v) is 6.08. The number of rotatable bonds is 7. The zero-order chi connectivity index (χ0) is 24.4. The van der Waals surface area contributed by atoms with Gasteiger partial charge < -0.3 is 20.1 Å². The molecule has 0 radical (unpaired) electrons. The van der Waals surface area contributed by atoms with Gasteiger partial charge in [-0.3, -0.25) is 4.79 Å². The highest BCUT2D eigenvalue weighted by atomic mass is 32.2. The molecular formula is C22H21F3N2O5S. The molecular weight excluding hydrogens is 461 g/mol. The summed E-state index contributed by atoms with van der Waals surface area (Å²) in [5, 5.41) is 21.9. The van der Waals surface area contributed by atoms with Crippen molar-refractivity contribution >= 4 is 21.4 Å². The highest BCUT2D eigenvalue weighted by molar-refractivity contribution is 7.90. The molecule has 3 rings (SSSR count). The first-order valence-electron chi connectivity index (χ1n) is 9.69. The summed E-state index contributed by atoms with van der Waals surface area (Å²) in [7, 11) is -3.43. The molecule has 0 saturated carbocycles. The molecule has 1 heterocycles. The van der Waals surface area contributed by atoms with Crippen molar-refractivity contribution in [3.05, 3.63) is 71.4 Å². The van der Waals surface area contributed by atoms with Gasteiger partial charge in [-0.05, 0) is 30.3 Å². The summed E-state index contributed by atoms with van der Waals surface area (Å²) in [6.07, 6.45) is -2.37. The summed E-state index contributed by atoms with van der Waals surface area (Å²) < 4.78 is 65.3. The second-order valence-corrected chi connectivity index (χ2v) is 9.25. The molecule has 0 aliphatic heterocycles. The number of halogens is 3. The zero-order valence-corrected chi connectivity index (χ0v) is 18.2. The van der Waals surface area contributed by atoms with Gasteiger partial charge in [0.15, 0.2) is 9.84 Å². The fourth-order valence-corrected chi connectivity index (χ4v) is 4.11. The van der Waals surface area contributed by atoms with Crippen molar-refractivity contribution in [2.45, 2.75) is 24.2 Å². The molecule has 3 aromatic rings. The third kappa shape index (κ3) is 5.27. The van der Waals surface area contributed by atoms with E-state index in [0.717, 1.165) is 12.3 Å². The average molecular weight is 482 g/mol. The Labute approximate surface area is 188 Å². The van der Waals surface area contributed by atoms with Crippen molar-refractivity contribution in [2.24, 2.45) is 0 Å². The largest absolute Gasteiger partial charge is 0.417 e. The van der Waals surface area contributed by atoms with E-state index in [1.54, 1.807) is 0 Å². The molecule has 1 aromatic heterocycles. The van der Waals surface area contributed by atoms with Gasteiger partial charge in [-0.15, -0.1) is 0 Å². The minimum Gasteiger partial charge on any atom is -0.395 e. The molecule has 3 N–H and O–H groups in total. The van der Waals surface area contributed by atoms with E-state index in [1.807, 2.05) is 0 Å². The summed E-state index contributed by atoms with van der Waals surface area (Å²) in [5.41, 5.74) is -1.07. The van der Waals surface area contributed by atoms with E-state index in [-0.39, 0.29) is 39.5 Å². The minimum absolute atomic E-state index is 0.0305. The molecule has 0 spiro atoms. The maximum absolute atomic E-state index is 13.6. The number of sulfone groups is 1. The Balaban J connectivity index is 2.07. The number of hydrogen-bond acceptors (Lipinski definition) is 5. The topological polar surface area (TPSA) is 109 Å². The number of aliphatic hydroxyl groups is 2. The van der Waals surface area contributed by atoms with E-state index in [9.17, 15) is 36.6 Å². The molecule has 0 unspecified atom stereocenters. The molecule has 176 valence electrons. The van der Waals surface area contributed by atoms with Crippen LogP contribution in [0.15, 0.2) is 59.6 Å². The van der Waals surface area contributed by atoms with Crippen LogP contribution in [-0.2, 0) is 29.2 Å². The van der Waals surface area contributed by atoms with Crippen molar-refractivity contribution in [3.63, 3.8) is 0 Å². The van der Waals surface area contributed by atoms with Crippen LogP contribution < -0.4 is 5.32 Å². The summed E-state index contributed by atoms with van der Waals surface area (Å²) in [6, 6.07) is 10.1. The van der Waals surface area contributed by atoms with Crippen LogP contribution in [-0.4, -0.2) is 42.0 Å². The van der Waals surface area contributed by atoms with Gasteiger partial charge in [-0.25, -0.2) is 8.42 Å². The highest BCUT2D eigenvalue weighted by Gasteiger charge is 2.35. The molecule has 2 aromatic carbocycles. The lowest BCUT2D eigenvalue weighted by Gasteiger charge is -2.16. The molecule has 11 heteroatoms. The van der Waals surface area contributed by atoms with Crippen molar-refractivity contribution < 1.29 is 36.6 Å². The summed E-state index contributed by atoms with van der Waals surface area (Å²) >= 11 is 0. The number of benzene rings is 2. The van der Waals surface area contributed by atoms with E-state index in [4.69, 9.17) is 0 Å². The number of carbonyl (C=O) groups is 1. The van der Waals surface area contributed by atoms with Crippen molar-refractivity contribution in [1.82, 2.24) is 4.57 Å². The molecule has 7 nitrogen and oxygen atoms in total. The fraction of sp³-hybridized carbons (Fsp3) is 0.227. The second kappa shape index (κ2) is 9.38. The summed E-state index contributed by atoms with van der Waals surface area (Å²) in [4.78, 5) is 13.0. The Morgan fingerprint density at radius 3 is 2.24 bits per heavy atom. The van der Waals surface area contributed by atoms with Gasteiger partial charge in [0.1, 0.15) is 0 Å². The van der Waals surface area contributed by atoms with Crippen LogP contribution in [0.3, 0.4) is 0 Å². The minimum atomic E-state index is -4.68. The Kier molecular flexibility index (Phi) is 6.96. The number of aromatic nitrogens is 1. The molecule has 0 atom stereocenters. The predicted molar refractivity (Wildman–Crippen MR) is 115 cm³/mol. The van der Waals surface area contributed by atoms with Crippen molar-refractivity contribution in [3.8, 4) is 11.3 Å². The molecule has 0 aliphatic rings. The van der Waals surface area contributed by atoms with Crippen molar-refractivity contribution in [1.29, 1.82) is 0 Å². The number of amides is 1. The maximum Gasteiger partial charge on any atom is 0.417 e. The Morgan fingerprint density at radius 1 is 1.06 bits per heavy atom. The Hall–Kier alpha value is -3.15. The maximum atomic E-state index is 13.6. The highest BCUT2D eigenvalue weighted by Crippen LogP contribution is 2.39. The van der Waals surface area contributed by atoms with Crippen LogP contribution in [0.5, 0.6) is 0 Å². The number of carbonyl (C=O) groups excluding carboxylic acids is 1. The molecule has 1 amide bonds. The van der Waals surface area contributed by atoms with Crippen LogP contribution in [0.2, 0.25) is 0 Å². The van der Waals surface area contributed by atoms with E-state index in [2.05, 4.69) is 5.32 Å². The SMILES string of the molecule is CS(=O)(=O)c1ccc(NC(=O)c2cn(CCO)c(-c3ccccc3C(F)(F)F)c2CO)cc1. The van der Waals surface area contributed by atoms with Crippen LogP contribution in [0.4, 0.5) is 18.9 Å². The van der Waals surface area contributed by atoms with E-state index in [0.29, 0.717) is 0 Å². The molecule has 0 saturated heterocycles. The molecule has 0 bridgehead atoms. The Morgan fingerprint density at radius 2 is 1.70 bits per heavy atom. The zero-order valence-electron chi connectivity index (χ0n) is 17.4.